The zero-order valence-corrected chi connectivity index (χ0v) is 18.0. The van der Waals surface area contributed by atoms with Crippen LogP contribution in [0.4, 0.5) is 0 Å². The number of nitrogens with one attached hydrogen (secondary N) is 3. The maximum atomic E-state index is 13.4. The normalized spacial score (nSPS) is 38.9. The Labute approximate surface area is 172 Å². The summed E-state index contributed by atoms with van der Waals surface area (Å²) in [5.74, 6) is 1.19. The number of thioether (sulfide) groups is 1. The number of carbonyl (C=O) groups excluding carboxylic acids is 2. The minimum absolute atomic E-state index is 0.0945. The second kappa shape index (κ2) is 8.90. The summed E-state index contributed by atoms with van der Waals surface area (Å²) < 4.78 is 0. The molecule has 0 radical (unpaired) electrons. The van der Waals surface area contributed by atoms with Gasteiger partial charge < -0.3 is 15.1 Å². The lowest BCUT2D eigenvalue weighted by molar-refractivity contribution is -0.153. The highest BCUT2D eigenvalue weighted by atomic mass is 32.2. The van der Waals surface area contributed by atoms with Crippen LogP contribution in [0.1, 0.15) is 52.4 Å². The van der Waals surface area contributed by atoms with Gasteiger partial charge in [-0.1, -0.05) is 12.8 Å². The molecule has 1 saturated carbocycles. The molecule has 0 aromatic rings. The molecular weight excluding hydrogens is 374 g/mol. The standard InChI is InChI=1S/C20H35N5O2S/c1-13-11-24(17-7-3-4-8-18(17)25(13)14(2)26)19(27)16-12-28-20(23-16)22-15-6-5-9-21-10-15/h13,15-18,20-23H,3-12H2,1-2H3/t13-,15?,16?,17?,18?,20?/m0/s1. The summed E-state index contributed by atoms with van der Waals surface area (Å²) in [7, 11) is 0. The van der Waals surface area contributed by atoms with Crippen LogP contribution >= 0.6 is 11.8 Å². The van der Waals surface area contributed by atoms with E-state index in [9.17, 15) is 9.59 Å². The first-order chi connectivity index (χ1) is 13.5. The van der Waals surface area contributed by atoms with Crippen molar-refractivity contribution >= 4 is 23.6 Å². The van der Waals surface area contributed by atoms with E-state index >= 15 is 0 Å². The van der Waals surface area contributed by atoms with Gasteiger partial charge in [-0.15, -0.1) is 11.8 Å². The van der Waals surface area contributed by atoms with Gasteiger partial charge in [-0.3, -0.25) is 20.2 Å². The van der Waals surface area contributed by atoms with Crippen LogP contribution in [0, 0.1) is 0 Å². The predicted molar refractivity (Wildman–Crippen MR) is 112 cm³/mol. The number of piperidine rings is 1. The summed E-state index contributed by atoms with van der Waals surface area (Å²) in [5.41, 5.74) is 0.150. The molecule has 3 aliphatic heterocycles. The van der Waals surface area contributed by atoms with E-state index in [1.165, 1.54) is 12.8 Å². The zero-order valence-electron chi connectivity index (χ0n) is 17.2. The van der Waals surface area contributed by atoms with Gasteiger partial charge in [0.25, 0.3) is 0 Å². The van der Waals surface area contributed by atoms with Crippen LogP contribution in [-0.4, -0.2) is 82.7 Å². The average Bonchev–Trinajstić information content (AvgIpc) is 3.15. The van der Waals surface area contributed by atoms with Crippen molar-refractivity contribution in [2.24, 2.45) is 0 Å². The monoisotopic (exact) mass is 409 g/mol. The third kappa shape index (κ3) is 4.20. The molecule has 0 bridgehead atoms. The molecule has 1 aliphatic carbocycles. The van der Waals surface area contributed by atoms with Gasteiger partial charge in [0, 0.05) is 37.8 Å². The Kier molecular flexibility index (Phi) is 6.50. The maximum absolute atomic E-state index is 13.4. The summed E-state index contributed by atoms with van der Waals surface area (Å²) in [4.78, 5) is 29.8. The molecule has 7 nitrogen and oxygen atoms in total. The predicted octanol–water partition coefficient (Wildman–Crippen LogP) is 0.707. The molecule has 0 aromatic heterocycles. The Balaban J connectivity index is 1.39. The van der Waals surface area contributed by atoms with Crippen LogP contribution in [0.2, 0.25) is 0 Å². The number of amides is 2. The average molecular weight is 410 g/mol. The van der Waals surface area contributed by atoms with E-state index in [0.717, 1.165) is 44.5 Å². The second-order valence-electron chi connectivity index (χ2n) is 8.83. The fraction of sp³-hybridized carbons (Fsp3) is 0.900. The molecule has 3 N–H and O–H groups in total. The van der Waals surface area contributed by atoms with Crippen molar-refractivity contribution in [3.8, 4) is 0 Å². The Morgan fingerprint density at radius 2 is 1.89 bits per heavy atom. The van der Waals surface area contributed by atoms with Crippen LogP contribution in [0.25, 0.3) is 0 Å². The Hall–Kier alpha value is -0.830. The van der Waals surface area contributed by atoms with Crippen LogP contribution in [0.15, 0.2) is 0 Å². The van der Waals surface area contributed by atoms with Crippen molar-refractivity contribution < 1.29 is 9.59 Å². The van der Waals surface area contributed by atoms with Crippen molar-refractivity contribution in [1.82, 2.24) is 25.8 Å². The van der Waals surface area contributed by atoms with Gasteiger partial charge in [0.15, 0.2) is 0 Å². The van der Waals surface area contributed by atoms with Crippen molar-refractivity contribution in [1.29, 1.82) is 0 Å². The maximum Gasteiger partial charge on any atom is 0.241 e. The molecule has 28 heavy (non-hydrogen) atoms. The third-order valence-corrected chi connectivity index (χ3v) is 7.93. The number of nitrogens with zero attached hydrogens (tertiary/aromatic N) is 2. The fourth-order valence-corrected chi connectivity index (χ4v) is 6.70. The minimum atomic E-state index is -0.127. The summed E-state index contributed by atoms with van der Waals surface area (Å²) in [6.07, 6.45) is 6.74. The van der Waals surface area contributed by atoms with Gasteiger partial charge in [-0.2, -0.15) is 0 Å². The largest absolute Gasteiger partial charge is 0.334 e. The third-order valence-electron chi connectivity index (χ3n) is 6.80. The van der Waals surface area contributed by atoms with Crippen LogP contribution in [0.5, 0.6) is 0 Å². The number of carbonyl (C=O) groups is 2. The van der Waals surface area contributed by atoms with Gasteiger partial charge in [-0.25, -0.2) is 0 Å². The number of hydrogen-bond acceptors (Lipinski definition) is 6. The molecule has 4 rings (SSSR count). The molecule has 5 unspecified atom stereocenters. The molecule has 4 fully saturated rings. The topological polar surface area (TPSA) is 76.7 Å². The molecule has 3 heterocycles. The smallest absolute Gasteiger partial charge is 0.241 e. The van der Waals surface area contributed by atoms with E-state index in [4.69, 9.17) is 0 Å². The Morgan fingerprint density at radius 3 is 2.61 bits per heavy atom. The number of fused-ring (bicyclic) bond motifs is 1. The quantitative estimate of drug-likeness (QED) is 0.637. The summed E-state index contributed by atoms with van der Waals surface area (Å²) in [6, 6.07) is 0.821. The van der Waals surface area contributed by atoms with Crippen molar-refractivity contribution in [3.63, 3.8) is 0 Å². The molecular formula is C20H35N5O2S. The van der Waals surface area contributed by atoms with Gasteiger partial charge >= 0.3 is 0 Å². The molecule has 2 amide bonds. The zero-order chi connectivity index (χ0) is 19.7. The van der Waals surface area contributed by atoms with Gasteiger partial charge in [-0.05, 0) is 39.2 Å². The van der Waals surface area contributed by atoms with Crippen molar-refractivity contribution in [2.45, 2.75) is 88.1 Å². The molecule has 158 valence electrons. The SMILES string of the molecule is CC(=O)N1C2CCCCC2N(C(=O)C2CSC(NC3CCCNC3)N2)C[C@@H]1C. The van der Waals surface area contributed by atoms with Crippen LogP contribution in [0.3, 0.4) is 0 Å². The lowest BCUT2D eigenvalue weighted by Crippen LogP contribution is -2.68. The first kappa shape index (κ1) is 20.4. The van der Waals surface area contributed by atoms with Gasteiger partial charge in [0.2, 0.25) is 11.8 Å². The lowest BCUT2D eigenvalue weighted by atomic mass is 9.84. The molecule has 3 saturated heterocycles. The van der Waals surface area contributed by atoms with Crippen molar-refractivity contribution in [3.05, 3.63) is 0 Å². The molecule has 0 spiro atoms. The summed E-state index contributed by atoms with van der Waals surface area (Å²) >= 11 is 1.81. The minimum Gasteiger partial charge on any atom is -0.334 e. The Bertz CT molecular complexity index is 585. The van der Waals surface area contributed by atoms with E-state index in [1.54, 1.807) is 6.92 Å². The highest BCUT2D eigenvalue weighted by molar-refractivity contribution is 8.00. The van der Waals surface area contributed by atoms with E-state index in [1.807, 2.05) is 16.7 Å². The first-order valence-electron chi connectivity index (χ1n) is 11.0. The van der Waals surface area contributed by atoms with E-state index < -0.39 is 0 Å². The van der Waals surface area contributed by atoms with E-state index in [-0.39, 0.29) is 41.5 Å². The van der Waals surface area contributed by atoms with Gasteiger partial charge in [0.05, 0.1) is 18.1 Å². The molecule has 8 heteroatoms. The molecule has 0 aromatic carbocycles. The number of hydrogen-bond donors (Lipinski definition) is 3. The summed E-state index contributed by atoms with van der Waals surface area (Å²) in [5, 5.41) is 10.6. The van der Waals surface area contributed by atoms with Gasteiger partial charge in [0.1, 0.15) is 5.50 Å². The summed E-state index contributed by atoms with van der Waals surface area (Å²) in [6.45, 7) is 6.53. The molecule has 6 atom stereocenters. The second-order valence-corrected chi connectivity index (χ2v) is 9.97. The van der Waals surface area contributed by atoms with E-state index in [0.29, 0.717) is 12.6 Å². The number of rotatable bonds is 3. The highest BCUT2D eigenvalue weighted by Gasteiger charge is 2.46. The number of piperazine rings is 1. The van der Waals surface area contributed by atoms with Crippen LogP contribution in [-0.2, 0) is 9.59 Å². The van der Waals surface area contributed by atoms with E-state index in [2.05, 4.69) is 27.8 Å². The highest BCUT2D eigenvalue weighted by Crippen LogP contribution is 2.34. The first-order valence-corrected chi connectivity index (χ1v) is 12.0. The Morgan fingerprint density at radius 1 is 1.11 bits per heavy atom. The fourth-order valence-electron chi connectivity index (χ4n) is 5.53. The van der Waals surface area contributed by atoms with Crippen molar-refractivity contribution in [2.75, 3.05) is 25.4 Å². The van der Waals surface area contributed by atoms with Crippen LogP contribution < -0.4 is 16.0 Å². The molecule has 4 aliphatic rings. The lowest BCUT2D eigenvalue weighted by Gasteiger charge is -2.53.